The number of ether oxygens (including phenoxy) is 1. The van der Waals surface area contributed by atoms with E-state index in [9.17, 15) is 0 Å². The number of hydrogen-bond donors (Lipinski definition) is 0. The van der Waals surface area contributed by atoms with E-state index >= 15 is 0 Å². The molecule has 0 amide bonds. The van der Waals surface area contributed by atoms with Crippen molar-refractivity contribution in [2.75, 3.05) is 26.2 Å². The predicted octanol–water partition coefficient (Wildman–Crippen LogP) is 3.44. The largest absolute Gasteiger partial charge is 0.368 e. The van der Waals surface area contributed by atoms with Crippen LogP contribution in [0.15, 0.2) is 5.38 Å². The summed E-state index contributed by atoms with van der Waals surface area (Å²) in [6.45, 7) is 10.8. The molecule has 0 radical (unpaired) electrons. The van der Waals surface area contributed by atoms with Crippen molar-refractivity contribution in [3.8, 4) is 0 Å². The standard InChI is InChI=1S/C14H24N2OS/c1-4-6-16-7-8-17-13(9-16)14-15-12(10-18-14)11(3)5-2/h10-11,13H,4-9H2,1-3H3. The van der Waals surface area contributed by atoms with Gasteiger partial charge in [-0.2, -0.15) is 0 Å². The molecule has 2 rings (SSSR count). The molecule has 2 heterocycles. The van der Waals surface area contributed by atoms with Gasteiger partial charge in [0.15, 0.2) is 0 Å². The first-order valence-electron chi connectivity index (χ1n) is 7.03. The van der Waals surface area contributed by atoms with Gasteiger partial charge in [0.05, 0.1) is 12.3 Å². The second kappa shape index (κ2) is 6.64. The lowest BCUT2D eigenvalue weighted by Gasteiger charge is -2.31. The first kappa shape index (κ1) is 14.0. The number of nitrogens with zero attached hydrogens (tertiary/aromatic N) is 2. The van der Waals surface area contributed by atoms with Gasteiger partial charge in [0.1, 0.15) is 11.1 Å². The van der Waals surface area contributed by atoms with Crippen molar-refractivity contribution in [3.05, 3.63) is 16.1 Å². The van der Waals surface area contributed by atoms with E-state index in [0.717, 1.165) is 31.1 Å². The fraction of sp³-hybridized carbons (Fsp3) is 0.786. The van der Waals surface area contributed by atoms with Crippen molar-refractivity contribution in [2.24, 2.45) is 0 Å². The second-order valence-electron chi connectivity index (χ2n) is 5.08. The number of morpholine rings is 1. The van der Waals surface area contributed by atoms with Gasteiger partial charge in [-0.3, -0.25) is 4.90 Å². The maximum absolute atomic E-state index is 5.87. The van der Waals surface area contributed by atoms with Gasteiger partial charge in [-0.1, -0.05) is 20.8 Å². The van der Waals surface area contributed by atoms with Gasteiger partial charge in [-0.05, 0) is 25.3 Å². The second-order valence-corrected chi connectivity index (χ2v) is 5.97. The summed E-state index contributed by atoms with van der Waals surface area (Å²) in [5.41, 5.74) is 1.23. The molecule has 4 heteroatoms. The fourth-order valence-electron chi connectivity index (χ4n) is 2.26. The van der Waals surface area contributed by atoms with Crippen molar-refractivity contribution in [1.29, 1.82) is 0 Å². The van der Waals surface area contributed by atoms with Crippen LogP contribution < -0.4 is 0 Å². The highest BCUT2D eigenvalue weighted by Crippen LogP contribution is 2.28. The summed E-state index contributed by atoms with van der Waals surface area (Å²) >= 11 is 1.76. The minimum atomic E-state index is 0.188. The van der Waals surface area contributed by atoms with Crippen LogP contribution in [0.5, 0.6) is 0 Å². The summed E-state index contributed by atoms with van der Waals surface area (Å²) in [6, 6.07) is 0. The van der Waals surface area contributed by atoms with E-state index in [2.05, 4.69) is 31.1 Å². The molecule has 0 N–H and O–H groups in total. The number of aromatic nitrogens is 1. The molecule has 18 heavy (non-hydrogen) atoms. The van der Waals surface area contributed by atoms with Crippen molar-refractivity contribution >= 4 is 11.3 Å². The normalized spacial score (nSPS) is 23.2. The molecular formula is C14H24N2OS. The summed E-state index contributed by atoms with van der Waals surface area (Å²) in [5.74, 6) is 0.560. The number of rotatable bonds is 5. The van der Waals surface area contributed by atoms with Crippen molar-refractivity contribution in [1.82, 2.24) is 9.88 Å². The number of hydrogen-bond acceptors (Lipinski definition) is 4. The average Bonchev–Trinajstić information content (AvgIpc) is 2.88. The van der Waals surface area contributed by atoms with E-state index in [1.165, 1.54) is 18.7 Å². The molecule has 1 aliphatic heterocycles. The Labute approximate surface area is 114 Å². The van der Waals surface area contributed by atoms with Crippen molar-refractivity contribution in [2.45, 2.75) is 45.6 Å². The van der Waals surface area contributed by atoms with Crippen molar-refractivity contribution < 1.29 is 4.74 Å². The summed E-state index contributed by atoms with van der Waals surface area (Å²) in [5, 5.41) is 3.36. The van der Waals surface area contributed by atoms with Gasteiger partial charge in [-0.25, -0.2) is 4.98 Å². The van der Waals surface area contributed by atoms with E-state index in [-0.39, 0.29) is 6.10 Å². The topological polar surface area (TPSA) is 25.4 Å². The zero-order chi connectivity index (χ0) is 13.0. The lowest BCUT2D eigenvalue weighted by Crippen LogP contribution is -2.38. The maximum Gasteiger partial charge on any atom is 0.123 e. The zero-order valence-electron chi connectivity index (χ0n) is 11.7. The average molecular weight is 268 g/mol. The molecule has 2 unspecified atom stereocenters. The van der Waals surface area contributed by atoms with Crippen LogP contribution in [0.3, 0.4) is 0 Å². The van der Waals surface area contributed by atoms with Crippen LogP contribution in [0, 0.1) is 0 Å². The highest BCUT2D eigenvalue weighted by Gasteiger charge is 2.24. The van der Waals surface area contributed by atoms with Gasteiger partial charge in [0, 0.05) is 18.5 Å². The first-order chi connectivity index (χ1) is 8.74. The molecule has 1 aromatic rings. The van der Waals surface area contributed by atoms with Crippen LogP contribution in [-0.4, -0.2) is 36.1 Å². The Morgan fingerprint density at radius 2 is 2.39 bits per heavy atom. The van der Waals surface area contributed by atoms with Crippen LogP contribution in [0.25, 0.3) is 0 Å². The molecule has 1 saturated heterocycles. The lowest BCUT2D eigenvalue weighted by atomic mass is 10.1. The smallest absolute Gasteiger partial charge is 0.123 e. The summed E-state index contributed by atoms with van der Waals surface area (Å²) < 4.78 is 5.87. The van der Waals surface area contributed by atoms with E-state index in [1.54, 1.807) is 11.3 Å². The van der Waals surface area contributed by atoms with E-state index < -0.39 is 0 Å². The molecule has 0 aliphatic carbocycles. The lowest BCUT2D eigenvalue weighted by molar-refractivity contribution is -0.0300. The van der Waals surface area contributed by atoms with Gasteiger partial charge >= 0.3 is 0 Å². The predicted molar refractivity (Wildman–Crippen MR) is 76.2 cm³/mol. The minimum absolute atomic E-state index is 0.188. The molecule has 1 fully saturated rings. The molecular weight excluding hydrogens is 244 g/mol. The third-order valence-corrected chi connectivity index (χ3v) is 4.58. The van der Waals surface area contributed by atoms with Gasteiger partial charge in [0.2, 0.25) is 0 Å². The van der Waals surface area contributed by atoms with E-state index in [0.29, 0.717) is 5.92 Å². The Kier molecular flexibility index (Phi) is 5.15. The minimum Gasteiger partial charge on any atom is -0.368 e. The van der Waals surface area contributed by atoms with E-state index in [1.807, 2.05) is 0 Å². The van der Waals surface area contributed by atoms with Crippen LogP contribution in [0.4, 0.5) is 0 Å². The summed E-state index contributed by atoms with van der Waals surface area (Å²) in [6.07, 6.45) is 2.55. The third-order valence-electron chi connectivity index (χ3n) is 3.62. The Balaban J connectivity index is 2.00. The van der Waals surface area contributed by atoms with Crippen LogP contribution in [-0.2, 0) is 4.74 Å². The Bertz CT molecular complexity index is 364. The summed E-state index contributed by atoms with van der Waals surface area (Å²) in [7, 11) is 0. The van der Waals surface area contributed by atoms with Gasteiger partial charge in [0.25, 0.3) is 0 Å². The van der Waals surface area contributed by atoms with Gasteiger partial charge in [-0.15, -0.1) is 11.3 Å². The Hall–Kier alpha value is -0.450. The first-order valence-corrected chi connectivity index (χ1v) is 7.91. The molecule has 3 nitrogen and oxygen atoms in total. The van der Waals surface area contributed by atoms with Crippen LogP contribution in [0.2, 0.25) is 0 Å². The number of thiazole rings is 1. The molecule has 0 bridgehead atoms. The molecule has 0 spiro atoms. The Morgan fingerprint density at radius 3 is 3.11 bits per heavy atom. The SMILES string of the molecule is CCCN1CCOC(c2nc(C(C)CC)cs2)C1. The van der Waals surface area contributed by atoms with E-state index in [4.69, 9.17) is 9.72 Å². The van der Waals surface area contributed by atoms with Crippen LogP contribution in [0.1, 0.15) is 56.3 Å². The van der Waals surface area contributed by atoms with Crippen LogP contribution >= 0.6 is 11.3 Å². The maximum atomic E-state index is 5.87. The van der Waals surface area contributed by atoms with Crippen molar-refractivity contribution in [3.63, 3.8) is 0 Å². The molecule has 1 aromatic heterocycles. The molecule has 0 saturated carbocycles. The molecule has 1 aliphatic rings. The molecule has 0 aromatic carbocycles. The Morgan fingerprint density at radius 1 is 1.56 bits per heavy atom. The quantitative estimate of drug-likeness (QED) is 0.818. The zero-order valence-corrected chi connectivity index (χ0v) is 12.5. The highest BCUT2D eigenvalue weighted by atomic mass is 32.1. The highest BCUT2D eigenvalue weighted by molar-refractivity contribution is 7.09. The fourth-order valence-corrected chi connectivity index (χ4v) is 3.23. The van der Waals surface area contributed by atoms with Gasteiger partial charge < -0.3 is 4.74 Å². The molecule has 102 valence electrons. The monoisotopic (exact) mass is 268 g/mol. The third kappa shape index (κ3) is 3.31. The summed E-state index contributed by atoms with van der Waals surface area (Å²) in [4.78, 5) is 7.25. The molecule has 2 atom stereocenters.